The third-order valence-corrected chi connectivity index (χ3v) is 5.39. The highest BCUT2D eigenvalue weighted by Crippen LogP contribution is 2.24. The van der Waals surface area contributed by atoms with Crippen molar-refractivity contribution in [1.82, 2.24) is 10.6 Å². The van der Waals surface area contributed by atoms with E-state index in [4.69, 9.17) is 18.9 Å². The normalized spacial score (nSPS) is 15.5. The van der Waals surface area contributed by atoms with Crippen LogP contribution in [0.2, 0.25) is 0 Å². The van der Waals surface area contributed by atoms with Crippen molar-refractivity contribution in [2.45, 2.75) is 106 Å². The van der Waals surface area contributed by atoms with Gasteiger partial charge in [-0.3, -0.25) is 4.79 Å². The van der Waals surface area contributed by atoms with Gasteiger partial charge in [0.15, 0.2) is 10.7 Å². The molecule has 9 nitrogen and oxygen atoms in total. The summed E-state index contributed by atoms with van der Waals surface area (Å²) in [5, 5.41) is 5.56. The van der Waals surface area contributed by atoms with Crippen molar-refractivity contribution in [1.29, 1.82) is 0 Å². The van der Waals surface area contributed by atoms with Crippen molar-refractivity contribution in [2.75, 3.05) is 51.9 Å². The summed E-state index contributed by atoms with van der Waals surface area (Å²) >= 11 is 1.35. The third kappa shape index (κ3) is 30.6. The van der Waals surface area contributed by atoms with Crippen LogP contribution < -0.4 is 10.6 Å². The summed E-state index contributed by atoms with van der Waals surface area (Å²) in [5.41, 5.74) is -0.877. The molecule has 1 unspecified atom stereocenters. The van der Waals surface area contributed by atoms with Gasteiger partial charge < -0.3 is 29.6 Å². The van der Waals surface area contributed by atoms with Crippen molar-refractivity contribution < 1.29 is 33.3 Å². The molecular formula is C27H56N2O7S. The van der Waals surface area contributed by atoms with Gasteiger partial charge in [0.2, 0.25) is 0 Å². The molecule has 2 amide bonds. The maximum atomic E-state index is 11.8. The highest BCUT2D eigenvalue weighted by molar-refractivity contribution is 8.13. The molecule has 0 spiro atoms. The zero-order valence-electron chi connectivity index (χ0n) is 24.9. The van der Waals surface area contributed by atoms with E-state index in [1.807, 2.05) is 34.6 Å². The van der Waals surface area contributed by atoms with Gasteiger partial charge in [-0.05, 0) is 32.4 Å². The van der Waals surface area contributed by atoms with E-state index in [-0.39, 0.29) is 18.3 Å². The van der Waals surface area contributed by atoms with Gasteiger partial charge in [-0.15, -0.1) is 0 Å². The van der Waals surface area contributed by atoms with Crippen molar-refractivity contribution in [2.24, 2.45) is 0 Å². The van der Waals surface area contributed by atoms with Crippen LogP contribution in [0.1, 0.15) is 100 Å². The summed E-state index contributed by atoms with van der Waals surface area (Å²) in [6.45, 7) is 19.6. The Morgan fingerprint density at radius 3 is 1.70 bits per heavy atom. The van der Waals surface area contributed by atoms with Crippen LogP contribution in [0.25, 0.3) is 0 Å². The highest BCUT2D eigenvalue weighted by Gasteiger charge is 2.40. The third-order valence-electron chi connectivity index (χ3n) is 4.70. The number of carbonyl (C=O) groups is 3. The molecule has 1 aliphatic rings. The molecule has 10 heteroatoms. The Bertz CT molecular complexity index is 527. The first-order valence-electron chi connectivity index (χ1n) is 13.9. The zero-order chi connectivity index (χ0) is 28.8. The van der Waals surface area contributed by atoms with E-state index in [1.54, 1.807) is 6.92 Å². The summed E-state index contributed by atoms with van der Waals surface area (Å²) in [6, 6.07) is 0. The molecule has 37 heavy (non-hydrogen) atoms. The largest absolute Gasteiger partial charge is 0.445 e. The van der Waals surface area contributed by atoms with E-state index in [9.17, 15) is 14.4 Å². The molecule has 1 atom stereocenters. The smallest absolute Gasteiger partial charge is 0.407 e. The van der Waals surface area contributed by atoms with Crippen molar-refractivity contribution >= 4 is 29.1 Å². The Morgan fingerprint density at radius 1 is 0.838 bits per heavy atom. The fourth-order valence-electron chi connectivity index (χ4n) is 2.43. The lowest BCUT2D eigenvalue weighted by Gasteiger charge is -2.27. The van der Waals surface area contributed by atoms with Gasteiger partial charge in [0, 0.05) is 39.6 Å². The van der Waals surface area contributed by atoms with E-state index in [0.717, 1.165) is 44.6 Å². The average Bonchev–Trinajstić information content (AvgIpc) is 3.33. The molecule has 0 aromatic rings. The highest BCUT2D eigenvalue weighted by atomic mass is 32.2. The summed E-state index contributed by atoms with van der Waals surface area (Å²) in [7, 11) is 0. The number of ether oxygens (including phenoxy) is 4. The molecule has 0 radical (unpaired) electrons. The van der Waals surface area contributed by atoms with Crippen LogP contribution in [0.4, 0.5) is 9.59 Å². The minimum atomic E-state index is -0.877. The Morgan fingerprint density at radius 2 is 1.38 bits per heavy atom. The van der Waals surface area contributed by atoms with Crippen LogP contribution >= 0.6 is 11.8 Å². The van der Waals surface area contributed by atoms with Crippen molar-refractivity contribution in [3.63, 3.8) is 0 Å². The average molecular weight is 553 g/mol. The van der Waals surface area contributed by atoms with Crippen LogP contribution in [-0.2, 0) is 23.7 Å². The van der Waals surface area contributed by atoms with Crippen molar-refractivity contribution in [3.05, 3.63) is 0 Å². The topological polar surface area (TPSA) is 112 Å². The van der Waals surface area contributed by atoms with Crippen LogP contribution in [0, 0.1) is 0 Å². The van der Waals surface area contributed by atoms with Crippen LogP contribution in [-0.4, -0.2) is 74.8 Å². The maximum Gasteiger partial charge on any atom is 0.407 e. The molecule has 0 saturated carbocycles. The molecule has 1 heterocycles. The molecule has 0 bridgehead atoms. The summed E-state index contributed by atoms with van der Waals surface area (Å²) < 4.78 is 20.7. The van der Waals surface area contributed by atoms with E-state index in [1.165, 1.54) is 24.6 Å². The zero-order valence-corrected chi connectivity index (χ0v) is 25.7. The first-order valence-corrected chi connectivity index (χ1v) is 14.9. The number of amides is 2. The van der Waals surface area contributed by atoms with Crippen LogP contribution in [0.3, 0.4) is 0 Å². The van der Waals surface area contributed by atoms with Gasteiger partial charge in [-0.1, -0.05) is 72.1 Å². The fraction of sp³-hybridized carbons (Fsp3) is 0.889. The number of rotatable bonds is 13. The molecule has 1 fully saturated rings. The lowest BCUT2D eigenvalue weighted by molar-refractivity contribution is -0.109. The van der Waals surface area contributed by atoms with E-state index in [2.05, 4.69) is 24.5 Å². The number of nitrogens with one attached hydrogen (secondary N) is 2. The van der Waals surface area contributed by atoms with Gasteiger partial charge in [0.25, 0.3) is 0 Å². The number of hydrogen-bond donors (Lipinski definition) is 2. The molecule has 0 aromatic heterocycles. The molecule has 1 aliphatic heterocycles. The summed E-state index contributed by atoms with van der Waals surface area (Å²) in [5.74, 6) is 0.898. The first kappa shape index (κ1) is 40.0. The first-order chi connectivity index (χ1) is 17.7. The molecule has 222 valence electrons. The molecular weight excluding hydrogens is 496 g/mol. The molecule has 2 N–H and O–H groups in total. The lowest BCUT2D eigenvalue weighted by Crippen LogP contribution is -2.45. The standard InChI is InChI=1S/C15H28N2O5.C4H8OS.C4H10O.C4H10/c1-3-5-8-16-13(18)21-12-15(7-10-20-11-15)22-14(19)17-9-6-4-2;1-3-6-4(2)5;1-3-5-4-2;1-3-4-2/h3-12H2,1-2H3,(H,16,18)(H,17,19);3H2,1-2H3;3-4H2,1-2H3;3-4H2,1-2H3. The van der Waals surface area contributed by atoms with Gasteiger partial charge in [-0.25, -0.2) is 9.59 Å². The number of thioether (sulfide) groups is 1. The Labute approximate surface area is 230 Å². The van der Waals surface area contributed by atoms with Crippen molar-refractivity contribution in [3.8, 4) is 0 Å². The maximum absolute atomic E-state index is 11.8. The van der Waals surface area contributed by atoms with Crippen LogP contribution in [0.5, 0.6) is 0 Å². The fourth-order valence-corrected chi connectivity index (χ4v) is 2.84. The van der Waals surface area contributed by atoms with E-state index >= 15 is 0 Å². The van der Waals surface area contributed by atoms with Gasteiger partial charge in [0.05, 0.1) is 13.2 Å². The predicted molar refractivity (Wildman–Crippen MR) is 153 cm³/mol. The monoisotopic (exact) mass is 552 g/mol. The number of alkyl carbamates (subject to hydrolysis) is 2. The molecule has 1 saturated heterocycles. The summed E-state index contributed by atoms with van der Waals surface area (Å²) in [4.78, 5) is 33.4. The Kier molecular flexibility index (Phi) is 33.2. The van der Waals surface area contributed by atoms with Crippen LogP contribution in [0.15, 0.2) is 0 Å². The van der Waals surface area contributed by atoms with Gasteiger partial charge in [0.1, 0.15) is 6.61 Å². The number of hydrogen-bond acceptors (Lipinski definition) is 8. The molecule has 1 rings (SSSR count). The number of unbranched alkanes of at least 4 members (excludes halogenated alkanes) is 3. The van der Waals surface area contributed by atoms with Gasteiger partial charge in [-0.2, -0.15) is 0 Å². The van der Waals surface area contributed by atoms with E-state index < -0.39 is 17.8 Å². The number of carbonyl (C=O) groups excluding carboxylic acids is 3. The summed E-state index contributed by atoms with van der Waals surface area (Å²) in [6.07, 6.45) is 5.98. The lowest BCUT2D eigenvalue weighted by atomic mass is 10.1. The quantitative estimate of drug-likeness (QED) is 0.255. The Hall–Kier alpha value is -1.52. The SMILES string of the molecule is CCCC.CCCCNC(=O)OCC1(OC(=O)NCCCC)CCOC1.CCOCC.CCSC(C)=O. The second-order valence-electron chi connectivity index (χ2n) is 8.22. The minimum Gasteiger partial charge on any atom is -0.445 e. The Balaban J connectivity index is -0.000000627. The van der Waals surface area contributed by atoms with E-state index in [0.29, 0.717) is 26.1 Å². The second kappa shape index (κ2) is 30.7. The second-order valence-corrected chi connectivity index (χ2v) is 9.66. The predicted octanol–water partition coefficient (Wildman–Crippen LogP) is 6.33. The molecule has 0 aliphatic carbocycles. The molecule has 0 aromatic carbocycles. The minimum absolute atomic E-state index is 0.00611. The van der Waals surface area contributed by atoms with Gasteiger partial charge >= 0.3 is 12.2 Å².